The third-order valence-corrected chi connectivity index (χ3v) is 4.63. The molecule has 0 aliphatic rings. The van der Waals surface area contributed by atoms with Crippen LogP contribution in [0.25, 0.3) is 10.2 Å². The highest BCUT2D eigenvalue weighted by Crippen LogP contribution is 2.28. The molecule has 0 spiro atoms. The van der Waals surface area contributed by atoms with E-state index in [0.717, 1.165) is 14.6 Å². The van der Waals surface area contributed by atoms with E-state index < -0.39 is 0 Å². The van der Waals surface area contributed by atoms with Crippen molar-refractivity contribution < 1.29 is 9.59 Å². The normalized spacial score (nSPS) is 10.8. The molecular weight excluding hydrogens is 294 g/mol. The van der Waals surface area contributed by atoms with Crippen LogP contribution in [-0.4, -0.2) is 22.6 Å². The highest BCUT2D eigenvalue weighted by atomic mass is 32.2. The molecule has 0 fully saturated rings. The summed E-state index contributed by atoms with van der Waals surface area (Å²) in [6.07, 6.45) is 0. The van der Waals surface area contributed by atoms with Crippen LogP contribution >= 0.6 is 23.1 Å². The quantitative estimate of drug-likeness (QED) is 0.671. The van der Waals surface area contributed by atoms with E-state index in [1.165, 1.54) is 11.8 Å². The third-order valence-electron chi connectivity index (χ3n) is 2.45. The molecule has 0 aliphatic heterocycles. The minimum Gasteiger partial charge on any atom is -0.273 e. The van der Waals surface area contributed by atoms with Gasteiger partial charge in [0.25, 0.3) is 0 Å². The Labute approximate surface area is 125 Å². The molecule has 2 rings (SSSR count). The second-order valence-electron chi connectivity index (χ2n) is 4.43. The lowest BCUT2D eigenvalue weighted by atomic mass is 10.2. The van der Waals surface area contributed by atoms with E-state index in [1.54, 1.807) is 25.2 Å². The number of nitrogens with one attached hydrogen (secondary N) is 2. The van der Waals surface area contributed by atoms with E-state index in [4.69, 9.17) is 0 Å². The number of hydrogen-bond acceptors (Lipinski definition) is 5. The van der Waals surface area contributed by atoms with Crippen molar-refractivity contribution in [3.8, 4) is 0 Å². The zero-order valence-corrected chi connectivity index (χ0v) is 12.8. The number of hydrazine groups is 1. The summed E-state index contributed by atoms with van der Waals surface area (Å²) in [6.45, 7) is 3.52. The molecule has 0 atom stereocenters. The van der Waals surface area contributed by atoms with Crippen molar-refractivity contribution in [2.24, 2.45) is 5.92 Å². The molecule has 5 nitrogen and oxygen atoms in total. The van der Waals surface area contributed by atoms with Crippen LogP contribution in [0.4, 0.5) is 0 Å². The predicted molar refractivity (Wildman–Crippen MR) is 81.5 cm³/mol. The SMILES string of the molecule is CC(C)C(=O)NNC(=O)CSc1nc2ccccc2s1. The zero-order chi connectivity index (χ0) is 14.5. The molecule has 1 aromatic carbocycles. The van der Waals surface area contributed by atoms with Crippen LogP contribution in [0, 0.1) is 5.92 Å². The largest absolute Gasteiger partial charge is 0.273 e. The van der Waals surface area contributed by atoms with Gasteiger partial charge in [-0.3, -0.25) is 20.4 Å². The monoisotopic (exact) mass is 309 g/mol. The minimum absolute atomic E-state index is 0.160. The van der Waals surface area contributed by atoms with Gasteiger partial charge in [-0.15, -0.1) is 11.3 Å². The van der Waals surface area contributed by atoms with E-state index in [2.05, 4.69) is 15.8 Å². The van der Waals surface area contributed by atoms with E-state index in [1.807, 2.05) is 24.3 Å². The fourth-order valence-electron chi connectivity index (χ4n) is 1.35. The van der Waals surface area contributed by atoms with Crippen molar-refractivity contribution in [3.63, 3.8) is 0 Å². The zero-order valence-electron chi connectivity index (χ0n) is 11.2. The number of carbonyl (C=O) groups is 2. The summed E-state index contributed by atoms with van der Waals surface area (Å²) in [7, 11) is 0. The standard InChI is InChI=1S/C13H15N3O2S2/c1-8(2)12(18)16-15-11(17)7-19-13-14-9-5-3-4-6-10(9)20-13/h3-6,8H,7H2,1-2H3,(H,15,17)(H,16,18). The van der Waals surface area contributed by atoms with Crippen LogP contribution in [0.15, 0.2) is 28.6 Å². The van der Waals surface area contributed by atoms with Gasteiger partial charge in [-0.1, -0.05) is 37.7 Å². The van der Waals surface area contributed by atoms with Crippen LogP contribution in [0.5, 0.6) is 0 Å². The number of amides is 2. The molecule has 0 unspecified atom stereocenters. The number of benzene rings is 1. The van der Waals surface area contributed by atoms with Gasteiger partial charge in [0.15, 0.2) is 4.34 Å². The summed E-state index contributed by atoms with van der Waals surface area (Å²) in [5.74, 6) is -0.392. The Morgan fingerprint density at radius 2 is 2.05 bits per heavy atom. The van der Waals surface area contributed by atoms with Crippen molar-refractivity contribution >= 4 is 45.1 Å². The van der Waals surface area contributed by atoms with Gasteiger partial charge in [-0.25, -0.2) is 4.98 Å². The average molecular weight is 309 g/mol. The highest BCUT2D eigenvalue weighted by molar-refractivity contribution is 8.01. The highest BCUT2D eigenvalue weighted by Gasteiger charge is 2.10. The third kappa shape index (κ3) is 3.94. The maximum atomic E-state index is 11.6. The molecule has 0 bridgehead atoms. The molecule has 0 saturated carbocycles. The first-order valence-electron chi connectivity index (χ1n) is 6.13. The maximum Gasteiger partial charge on any atom is 0.248 e. The first-order chi connectivity index (χ1) is 9.56. The Kier molecular flexibility index (Phi) is 4.97. The smallest absolute Gasteiger partial charge is 0.248 e. The van der Waals surface area contributed by atoms with Crippen LogP contribution in [0.3, 0.4) is 0 Å². The fourth-order valence-corrected chi connectivity index (χ4v) is 3.22. The second kappa shape index (κ2) is 6.71. The number of thiazole rings is 1. The Hall–Kier alpha value is -1.60. The summed E-state index contributed by atoms with van der Waals surface area (Å²) in [4.78, 5) is 27.3. The summed E-state index contributed by atoms with van der Waals surface area (Å²) in [5, 5.41) is 0. The summed E-state index contributed by atoms with van der Waals surface area (Å²) in [5.41, 5.74) is 5.70. The lowest BCUT2D eigenvalue weighted by Crippen LogP contribution is -2.44. The van der Waals surface area contributed by atoms with Crippen molar-refractivity contribution in [1.82, 2.24) is 15.8 Å². The summed E-state index contributed by atoms with van der Waals surface area (Å²) >= 11 is 2.91. The predicted octanol–water partition coefficient (Wildman–Crippen LogP) is 2.19. The van der Waals surface area contributed by atoms with Gasteiger partial charge in [-0.2, -0.15) is 0 Å². The van der Waals surface area contributed by atoms with Gasteiger partial charge < -0.3 is 0 Å². The van der Waals surface area contributed by atoms with E-state index in [0.29, 0.717) is 0 Å². The molecule has 0 radical (unpaired) electrons. The van der Waals surface area contributed by atoms with Crippen LogP contribution < -0.4 is 10.9 Å². The molecule has 0 aliphatic carbocycles. The number of nitrogens with zero attached hydrogens (tertiary/aromatic N) is 1. The summed E-state index contributed by atoms with van der Waals surface area (Å²) < 4.78 is 1.94. The molecule has 7 heteroatoms. The first-order valence-corrected chi connectivity index (χ1v) is 7.93. The van der Waals surface area contributed by atoms with Crippen LogP contribution in [0.1, 0.15) is 13.8 Å². The molecule has 106 valence electrons. The number of para-hydroxylation sites is 1. The number of thioether (sulfide) groups is 1. The van der Waals surface area contributed by atoms with Crippen molar-refractivity contribution in [2.45, 2.75) is 18.2 Å². The number of rotatable bonds is 4. The molecule has 2 aromatic rings. The van der Waals surface area contributed by atoms with E-state index in [-0.39, 0.29) is 23.5 Å². The van der Waals surface area contributed by atoms with Crippen molar-refractivity contribution in [3.05, 3.63) is 24.3 Å². The lowest BCUT2D eigenvalue weighted by Gasteiger charge is -2.08. The van der Waals surface area contributed by atoms with E-state index >= 15 is 0 Å². The first kappa shape index (κ1) is 14.8. The van der Waals surface area contributed by atoms with Crippen molar-refractivity contribution in [1.29, 1.82) is 0 Å². The average Bonchev–Trinajstić information content (AvgIpc) is 2.85. The van der Waals surface area contributed by atoms with Gasteiger partial charge in [0.1, 0.15) is 0 Å². The lowest BCUT2D eigenvalue weighted by molar-refractivity contribution is -0.129. The van der Waals surface area contributed by atoms with Gasteiger partial charge in [-0.05, 0) is 12.1 Å². The topological polar surface area (TPSA) is 71.1 Å². The molecule has 1 heterocycles. The fraction of sp³-hybridized carbons (Fsp3) is 0.308. The summed E-state index contributed by atoms with van der Waals surface area (Å²) in [6, 6.07) is 7.84. The van der Waals surface area contributed by atoms with Gasteiger partial charge in [0.2, 0.25) is 11.8 Å². The Bertz CT molecular complexity index is 592. The Morgan fingerprint density at radius 3 is 2.75 bits per heavy atom. The molecule has 2 N–H and O–H groups in total. The Morgan fingerprint density at radius 1 is 1.30 bits per heavy atom. The van der Waals surface area contributed by atoms with E-state index in [9.17, 15) is 9.59 Å². The number of carbonyl (C=O) groups excluding carboxylic acids is 2. The molecular formula is C13H15N3O2S2. The van der Waals surface area contributed by atoms with Gasteiger partial charge in [0.05, 0.1) is 16.0 Å². The minimum atomic E-state index is -0.247. The van der Waals surface area contributed by atoms with Crippen LogP contribution in [-0.2, 0) is 9.59 Å². The number of hydrogen-bond donors (Lipinski definition) is 2. The molecule has 0 saturated heterocycles. The molecule has 2 amide bonds. The van der Waals surface area contributed by atoms with Crippen molar-refractivity contribution in [2.75, 3.05) is 5.75 Å². The number of aromatic nitrogens is 1. The molecule has 1 aromatic heterocycles. The number of fused-ring (bicyclic) bond motifs is 1. The van der Waals surface area contributed by atoms with Gasteiger partial charge >= 0.3 is 0 Å². The van der Waals surface area contributed by atoms with Gasteiger partial charge in [0, 0.05) is 5.92 Å². The maximum absolute atomic E-state index is 11.6. The van der Waals surface area contributed by atoms with Crippen LogP contribution in [0.2, 0.25) is 0 Å². The Balaban J connectivity index is 1.82. The second-order valence-corrected chi connectivity index (χ2v) is 6.68. The molecule has 20 heavy (non-hydrogen) atoms.